The number of likely N-dealkylation sites (tertiary alicyclic amines) is 1. The maximum Gasteiger partial charge on any atom is 0.224 e. The number of amides is 1. The van der Waals surface area contributed by atoms with Gasteiger partial charge in [0.25, 0.3) is 0 Å². The molecule has 0 atom stereocenters. The minimum atomic E-state index is 0.0912. The van der Waals surface area contributed by atoms with E-state index in [1.807, 2.05) is 24.3 Å². The Morgan fingerprint density at radius 2 is 1.85 bits per heavy atom. The maximum absolute atomic E-state index is 11.8. The molecule has 1 aliphatic heterocycles. The summed E-state index contributed by atoms with van der Waals surface area (Å²) in [4.78, 5) is 14.3. The third kappa shape index (κ3) is 5.51. The van der Waals surface area contributed by atoms with Crippen molar-refractivity contribution < 1.29 is 4.79 Å². The zero-order valence-electron chi connectivity index (χ0n) is 11.9. The van der Waals surface area contributed by atoms with E-state index < -0.39 is 0 Å². The van der Waals surface area contributed by atoms with Crippen molar-refractivity contribution >= 4 is 17.5 Å². The van der Waals surface area contributed by atoms with Crippen molar-refractivity contribution in [1.82, 2.24) is 10.2 Å². The normalized spacial score (nSPS) is 15.4. The monoisotopic (exact) mass is 294 g/mol. The summed E-state index contributed by atoms with van der Waals surface area (Å²) in [6, 6.07) is 7.44. The highest BCUT2D eigenvalue weighted by Gasteiger charge is 2.10. The van der Waals surface area contributed by atoms with E-state index in [9.17, 15) is 4.79 Å². The fourth-order valence-electron chi connectivity index (χ4n) is 2.54. The van der Waals surface area contributed by atoms with Crippen LogP contribution in [0.25, 0.3) is 0 Å². The number of carbonyl (C=O) groups excluding carboxylic acids is 1. The van der Waals surface area contributed by atoms with Crippen LogP contribution in [-0.2, 0) is 11.2 Å². The summed E-state index contributed by atoms with van der Waals surface area (Å²) in [5, 5.41) is 3.69. The van der Waals surface area contributed by atoms with Gasteiger partial charge in [0.2, 0.25) is 5.91 Å². The SMILES string of the molecule is O=C(Cc1ccc(Cl)cc1)NCCCCN1CCCC1. The number of nitrogens with zero attached hydrogens (tertiary/aromatic N) is 1. The van der Waals surface area contributed by atoms with Gasteiger partial charge in [-0.25, -0.2) is 0 Å². The lowest BCUT2D eigenvalue weighted by molar-refractivity contribution is -0.120. The first-order valence-corrected chi connectivity index (χ1v) is 7.85. The summed E-state index contributed by atoms with van der Waals surface area (Å²) in [6.45, 7) is 4.46. The number of unbranched alkanes of at least 4 members (excludes halogenated alkanes) is 1. The van der Waals surface area contributed by atoms with Gasteiger partial charge < -0.3 is 10.2 Å². The predicted molar refractivity (Wildman–Crippen MR) is 83.1 cm³/mol. The van der Waals surface area contributed by atoms with Gasteiger partial charge in [-0.05, 0) is 63.0 Å². The van der Waals surface area contributed by atoms with Gasteiger partial charge in [0.05, 0.1) is 6.42 Å². The van der Waals surface area contributed by atoms with Crippen LogP contribution >= 0.6 is 11.6 Å². The molecule has 1 aromatic rings. The van der Waals surface area contributed by atoms with Crippen LogP contribution in [0.5, 0.6) is 0 Å². The third-order valence-corrected chi connectivity index (χ3v) is 3.95. The van der Waals surface area contributed by atoms with Gasteiger partial charge in [0, 0.05) is 11.6 Å². The van der Waals surface area contributed by atoms with Gasteiger partial charge in [-0.1, -0.05) is 23.7 Å². The molecule has 20 heavy (non-hydrogen) atoms. The van der Waals surface area contributed by atoms with E-state index in [0.29, 0.717) is 11.4 Å². The number of benzene rings is 1. The van der Waals surface area contributed by atoms with E-state index >= 15 is 0 Å². The molecular formula is C16H23ClN2O. The molecule has 0 saturated carbocycles. The van der Waals surface area contributed by atoms with Crippen molar-refractivity contribution in [3.63, 3.8) is 0 Å². The summed E-state index contributed by atoms with van der Waals surface area (Å²) < 4.78 is 0. The Kier molecular flexibility index (Phi) is 6.34. The number of carbonyl (C=O) groups is 1. The van der Waals surface area contributed by atoms with Crippen LogP contribution < -0.4 is 5.32 Å². The molecule has 0 bridgehead atoms. The molecule has 2 rings (SSSR count). The van der Waals surface area contributed by atoms with E-state index in [4.69, 9.17) is 11.6 Å². The molecule has 3 nitrogen and oxygen atoms in total. The highest BCUT2D eigenvalue weighted by Crippen LogP contribution is 2.10. The molecule has 1 saturated heterocycles. The number of hydrogen-bond donors (Lipinski definition) is 1. The molecule has 0 unspecified atom stereocenters. The van der Waals surface area contributed by atoms with Gasteiger partial charge in [-0.2, -0.15) is 0 Å². The minimum absolute atomic E-state index is 0.0912. The Balaban J connectivity index is 1.54. The van der Waals surface area contributed by atoms with Crippen molar-refractivity contribution in [2.45, 2.75) is 32.1 Å². The first kappa shape index (κ1) is 15.3. The molecule has 0 aromatic heterocycles. The molecule has 4 heteroatoms. The lowest BCUT2D eigenvalue weighted by Gasteiger charge is -2.14. The summed E-state index contributed by atoms with van der Waals surface area (Å²) in [6.07, 6.45) is 5.35. The molecule has 1 amide bonds. The number of halogens is 1. The average Bonchev–Trinajstić information content (AvgIpc) is 2.94. The van der Waals surface area contributed by atoms with Crippen molar-refractivity contribution in [2.24, 2.45) is 0 Å². The molecule has 0 radical (unpaired) electrons. The molecule has 1 N–H and O–H groups in total. The number of nitrogens with one attached hydrogen (secondary N) is 1. The first-order chi connectivity index (χ1) is 9.74. The van der Waals surface area contributed by atoms with Gasteiger partial charge in [-0.15, -0.1) is 0 Å². The molecule has 0 aliphatic carbocycles. The summed E-state index contributed by atoms with van der Waals surface area (Å²) in [5.74, 6) is 0.0912. The van der Waals surface area contributed by atoms with E-state index in [1.54, 1.807) is 0 Å². The standard InChI is InChI=1S/C16H23ClN2O/c17-15-7-5-14(6-8-15)13-16(20)18-9-1-2-10-19-11-3-4-12-19/h5-8H,1-4,9-13H2,(H,18,20). The Hall–Kier alpha value is -1.06. The summed E-state index contributed by atoms with van der Waals surface area (Å²) in [5.41, 5.74) is 1.00. The van der Waals surface area contributed by atoms with Crippen molar-refractivity contribution in [3.8, 4) is 0 Å². The second-order valence-corrected chi connectivity index (χ2v) is 5.85. The van der Waals surface area contributed by atoms with Crippen molar-refractivity contribution in [3.05, 3.63) is 34.9 Å². The lowest BCUT2D eigenvalue weighted by Crippen LogP contribution is -2.27. The molecule has 1 heterocycles. The van der Waals surface area contributed by atoms with Crippen molar-refractivity contribution in [2.75, 3.05) is 26.2 Å². The fraction of sp³-hybridized carbons (Fsp3) is 0.562. The quantitative estimate of drug-likeness (QED) is 0.784. The first-order valence-electron chi connectivity index (χ1n) is 7.47. The second kappa shape index (κ2) is 8.28. The zero-order chi connectivity index (χ0) is 14.2. The highest BCUT2D eigenvalue weighted by atomic mass is 35.5. The summed E-state index contributed by atoms with van der Waals surface area (Å²) in [7, 11) is 0. The van der Waals surface area contributed by atoms with Gasteiger partial charge in [0.1, 0.15) is 0 Å². The molecular weight excluding hydrogens is 272 g/mol. The maximum atomic E-state index is 11.8. The van der Waals surface area contributed by atoms with Crippen LogP contribution in [0.15, 0.2) is 24.3 Å². The molecule has 110 valence electrons. The lowest BCUT2D eigenvalue weighted by atomic mass is 10.1. The predicted octanol–water partition coefficient (Wildman–Crippen LogP) is 2.87. The van der Waals surface area contributed by atoms with Crippen LogP contribution in [0.1, 0.15) is 31.2 Å². The molecule has 1 aliphatic rings. The second-order valence-electron chi connectivity index (χ2n) is 5.41. The topological polar surface area (TPSA) is 32.3 Å². The zero-order valence-corrected chi connectivity index (χ0v) is 12.7. The average molecular weight is 295 g/mol. The highest BCUT2D eigenvalue weighted by molar-refractivity contribution is 6.30. The molecule has 1 aromatic carbocycles. The summed E-state index contributed by atoms with van der Waals surface area (Å²) >= 11 is 5.82. The van der Waals surface area contributed by atoms with E-state index in [0.717, 1.165) is 18.5 Å². The number of hydrogen-bond acceptors (Lipinski definition) is 2. The van der Waals surface area contributed by atoms with Gasteiger partial charge >= 0.3 is 0 Å². The Morgan fingerprint density at radius 1 is 1.15 bits per heavy atom. The Labute approximate surface area is 126 Å². The van der Waals surface area contributed by atoms with Crippen LogP contribution in [0.2, 0.25) is 5.02 Å². The Morgan fingerprint density at radius 3 is 2.55 bits per heavy atom. The van der Waals surface area contributed by atoms with Crippen LogP contribution in [-0.4, -0.2) is 37.0 Å². The van der Waals surface area contributed by atoms with Crippen molar-refractivity contribution in [1.29, 1.82) is 0 Å². The smallest absolute Gasteiger partial charge is 0.224 e. The molecule has 0 spiro atoms. The third-order valence-electron chi connectivity index (χ3n) is 3.70. The van der Waals surface area contributed by atoms with E-state index in [1.165, 1.54) is 38.9 Å². The van der Waals surface area contributed by atoms with Crippen LogP contribution in [0.4, 0.5) is 0 Å². The largest absolute Gasteiger partial charge is 0.356 e. The van der Waals surface area contributed by atoms with Gasteiger partial charge in [-0.3, -0.25) is 4.79 Å². The van der Waals surface area contributed by atoms with Gasteiger partial charge in [0.15, 0.2) is 0 Å². The van der Waals surface area contributed by atoms with Crippen LogP contribution in [0, 0.1) is 0 Å². The minimum Gasteiger partial charge on any atom is -0.356 e. The van der Waals surface area contributed by atoms with E-state index in [2.05, 4.69) is 10.2 Å². The van der Waals surface area contributed by atoms with Crippen LogP contribution in [0.3, 0.4) is 0 Å². The number of rotatable bonds is 7. The Bertz CT molecular complexity index is 413. The van der Waals surface area contributed by atoms with E-state index in [-0.39, 0.29) is 5.91 Å². The molecule has 1 fully saturated rings. The fourth-order valence-corrected chi connectivity index (χ4v) is 2.67.